The molecular weight excluding hydrogens is 340 g/mol. The molecule has 6 atom stereocenters. The minimum atomic E-state index is -0.449. The molecule has 2 aliphatic heterocycles. The summed E-state index contributed by atoms with van der Waals surface area (Å²) >= 11 is 0. The molecule has 1 N–H and O–H groups in total. The molecule has 6 aliphatic rings. The molecule has 2 spiro atoms. The van der Waals surface area contributed by atoms with Crippen LogP contribution >= 0.6 is 0 Å². The molecule has 4 aliphatic carbocycles. The van der Waals surface area contributed by atoms with Crippen molar-refractivity contribution in [3.8, 4) is 11.5 Å². The second-order valence-corrected chi connectivity index (χ2v) is 9.03. The molecule has 1 aromatic carbocycles. The fourth-order valence-electron chi connectivity index (χ4n) is 7.53. The maximum absolute atomic E-state index is 6.83. The minimum Gasteiger partial charge on any atom is -0.493 e. The Labute approximate surface area is 160 Å². The van der Waals surface area contributed by atoms with Crippen LogP contribution in [0.5, 0.6) is 11.5 Å². The number of rotatable bonds is 3. The maximum Gasteiger partial charge on any atom is 0.166 e. The Balaban J connectivity index is 1.71. The number of piperidine rings is 1. The van der Waals surface area contributed by atoms with Gasteiger partial charge in [-0.1, -0.05) is 18.2 Å². The molecule has 0 radical (unpaired) electrons. The lowest BCUT2D eigenvalue weighted by atomic mass is 9.38. The summed E-state index contributed by atoms with van der Waals surface area (Å²) in [6, 6.07) is 5.08. The number of nitrogens with zero attached hydrogens (tertiary/aromatic N) is 1. The molecule has 144 valence electrons. The van der Waals surface area contributed by atoms with E-state index >= 15 is 0 Å². The van der Waals surface area contributed by atoms with E-state index in [0.29, 0.717) is 6.04 Å². The summed E-state index contributed by atoms with van der Waals surface area (Å²) < 4.78 is 18.8. The van der Waals surface area contributed by atoms with Gasteiger partial charge in [-0.05, 0) is 51.5 Å². The molecule has 5 nitrogen and oxygen atoms in total. The van der Waals surface area contributed by atoms with Gasteiger partial charge in [-0.15, -0.1) is 0 Å². The van der Waals surface area contributed by atoms with Gasteiger partial charge in [0.25, 0.3) is 0 Å². The number of fused-ring (bicyclic) bond motifs is 1. The summed E-state index contributed by atoms with van der Waals surface area (Å²) in [5.41, 5.74) is 2.44. The fraction of sp³-hybridized carbons (Fsp3) is 0.636. The first-order chi connectivity index (χ1) is 13.1. The van der Waals surface area contributed by atoms with E-state index in [1.165, 1.54) is 11.1 Å². The lowest BCUT2D eigenvalue weighted by molar-refractivity contribution is -0.199. The van der Waals surface area contributed by atoms with Gasteiger partial charge in [0.15, 0.2) is 11.5 Å². The van der Waals surface area contributed by atoms with Crippen molar-refractivity contribution in [1.29, 1.82) is 0 Å². The SMILES string of the molecule is CNC1C[C@@]23C=C[C@]1(OC)C1Oc4c(OC)ccc5c4[C@@]12CCN(C)[C@@H]3C5. The first-order valence-corrected chi connectivity index (χ1v) is 10.1. The topological polar surface area (TPSA) is 43.0 Å². The zero-order chi connectivity index (χ0) is 18.6. The molecule has 2 heterocycles. The van der Waals surface area contributed by atoms with Crippen LogP contribution in [0.15, 0.2) is 24.3 Å². The quantitative estimate of drug-likeness (QED) is 0.826. The van der Waals surface area contributed by atoms with Crippen molar-refractivity contribution >= 4 is 0 Å². The van der Waals surface area contributed by atoms with E-state index in [1.807, 2.05) is 7.11 Å². The number of methoxy groups -OCH3 is 2. The molecule has 0 amide bonds. The third-order valence-corrected chi connectivity index (χ3v) is 8.63. The van der Waals surface area contributed by atoms with Gasteiger partial charge in [0.05, 0.1) is 12.5 Å². The van der Waals surface area contributed by atoms with Crippen molar-refractivity contribution in [2.24, 2.45) is 5.41 Å². The van der Waals surface area contributed by atoms with E-state index < -0.39 is 5.60 Å². The first kappa shape index (κ1) is 16.4. The summed E-state index contributed by atoms with van der Waals surface area (Å²) in [5, 5.41) is 3.57. The van der Waals surface area contributed by atoms with Crippen molar-refractivity contribution in [3.05, 3.63) is 35.4 Å². The molecule has 27 heavy (non-hydrogen) atoms. The van der Waals surface area contributed by atoms with Gasteiger partial charge in [-0.2, -0.15) is 0 Å². The van der Waals surface area contributed by atoms with Crippen LogP contribution in [0.1, 0.15) is 24.0 Å². The number of likely N-dealkylation sites (tertiary alicyclic amines) is 1. The zero-order valence-electron chi connectivity index (χ0n) is 16.5. The standard InChI is InChI=1S/C22H28N2O3/c1-23-15-12-20-7-8-22(15,26-4)19-21(20)9-10-24(2)16(20)11-13-5-6-14(25-3)18(27-19)17(13)21/h5-8,15-16,19,23H,9-12H2,1-4H3/t15?,16-,19?,20-,21+,22-/m1/s1. The van der Waals surface area contributed by atoms with Crippen molar-refractivity contribution in [3.63, 3.8) is 0 Å². The van der Waals surface area contributed by atoms with Crippen LogP contribution in [0.3, 0.4) is 0 Å². The lowest BCUT2D eigenvalue weighted by Crippen LogP contribution is -2.81. The number of likely N-dealkylation sites (N-methyl/N-ethyl adjacent to an activating group) is 2. The molecule has 1 saturated carbocycles. The normalized spacial score (nSPS) is 45.6. The third kappa shape index (κ3) is 1.47. The monoisotopic (exact) mass is 368 g/mol. The smallest absolute Gasteiger partial charge is 0.166 e. The molecule has 5 heteroatoms. The van der Waals surface area contributed by atoms with Crippen molar-refractivity contribution in [2.75, 3.05) is 34.9 Å². The Morgan fingerprint density at radius 2 is 2.11 bits per heavy atom. The van der Waals surface area contributed by atoms with E-state index in [-0.39, 0.29) is 23.0 Å². The molecule has 7 rings (SSSR count). The zero-order valence-corrected chi connectivity index (χ0v) is 16.5. The fourth-order valence-corrected chi connectivity index (χ4v) is 7.53. The van der Waals surface area contributed by atoms with Crippen LogP contribution in [0, 0.1) is 5.41 Å². The number of ether oxygens (including phenoxy) is 3. The second-order valence-electron chi connectivity index (χ2n) is 9.03. The molecule has 2 unspecified atom stereocenters. The highest BCUT2D eigenvalue weighted by Crippen LogP contribution is 2.73. The first-order valence-electron chi connectivity index (χ1n) is 10.1. The number of hydrogen-bond acceptors (Lipinski definition) is 5. The largest absolute Gasteiger partial charge is 0.493 e. The van der Waals surface area contributed by atoms with Gasteiger partial charge < -0.3 is 24.4 Å². The Bertz CT molecular complexity index is 869. The van der Waals surface area contributed by atoms with Crippen LogP contribution in [0.2, 0.25) is 0 Å². The maximum atomic E-state index is 6.83. The van der Waals surface area contributed by atoms with E-state index in [4.69, 9.17) is 14.2 Å². The molecule has 1 saturated heterocycles. The predicted octanol–water partition coefficient (Wildman–Crippen LogP) is 1.89. The number of benzene rings is 1. The highest BCUT2D eigenvalue weighted by atomic mass is 16.6. The summed E-state index contributed by atoms with van der Waals surface area (Å²) in [4.78, 5) is 2.58. The van der Waals surface area contributed by atoms with Gasteiger partial charge in [0, 0.05) is 30.2 Å². The summed E-state index contributed by atoms with van der Waals surface area (Å²) in [6.45, 7) is 1.10. The summed E-state index contributed by atoms with van der Waals surface area (Å²) in [5.74, 6) is 1.82. The van der Waals surface area contributed by atoms with Gasteiger partial charge in [0.2, 0.25) is 0 Å². The van der Waals surface area contributed by atoms with Gasteiger partial charge >= 0.3 is 0 Å². The van der Waals surface area contributed by atoms with Crippen molar-refractivity contribution in [1.82, 2.24) is 10.2 Å². The van der Waals surface area contributed by atoms with Crippen LogP contribution in [0.25, 0.3) is 0 Å². The van der Waals surface area contributed by atoms with Gasteiger partial charge in [0.1, 0.15) is 11.7 Å². The van der Waals surface area contributed by atoms with Crippen LogP contribution < -0.4 is 14.8 Å². The van der Waals surface area contributed by atoms with Crippen LogP contribution in [-0.2, 0) is 16.6 Å². The summed E-state index contributed by atoms with van der Waals surface area (Å²) in [7, 11) is 7.93. The number of hydrogen-bond donors (Lipinski definition) is 1. The average molecular weight is 368 g/mol. The predicted molar refractivity (Wildman–Crippen MR) is 103 cm³/mol. The number of nitrogens with one attached hydrogen (secondary N) is 1. The Hall–Kier alpha value is -1.56. The molecule has 0 aromatic heterocycles. The Morgan fingerprint density at radius 1 is 1.26 bits per heavy atom. The van der Waals surface area contributed by atoms with E-state index in [2.05, 4.69) is 48.6 Å². The minimum absolute atomic E-state index is 0.0206. The van der Waals surface area contributed by atoms with Crippen molar-refractivity contribution < 1.29 is 14.2 Å². The van der Waals surface area contributed by atoms with Gasteiger partial charge in [-0.3, -0.25) is 0 Å². The van der Waals surface area contributed by atoms with Crippen molar-refractivity contribution in [2.45, 2.75) is 48.5 Å². The molecule has 4 bridgehead atoms. The Morgan fingerprint density at radius 3 is 2.85 bits per heavy atom. The van der Waals surface area contributed by atoms with E-state index in [1.54, 1.807) is 7.11 Å². The van der Waals surface area contributed by atoms with E-state index in [0.717, 1.165) is 37.3 Å². The highest BCUT2D eigenvalue weighted by Gasteiger charge is 2.78. The third-order valence-electron chi connectivity index (χ3n) is 8.63. The molecule has 1 aromatic rings. The molecular formula is C22H28N2O3. The van der Waals surface area contributed by atoms with Crippen LogP contribution in [-0.4, -0.2) is 63.5 Å². The second kappa shape index (κ2) is 4.88. The average Bonchev–Trinajstić information content (AvgIpc) is 3.07. The molecule has 2 fully saturated rings. The van der Waals surface area contributed by atoms with Gasteiger partial charge in [-0.25, -0.2) is 0 Å². The lowest BCUT2D eigenvalue weighted by Gasteiger charge is -2.71. The van der Waals surface area contributed by atoms with E-state index in [9.17, 15) is 0 Å². The highest BCUT2D eigenvalue weighted by molar-refractivity contribution is 5.65. The van der Waals surface area contributed by atoms with Crippen LogP contribution in [0.4, 0.5) is 0 Å². The summed E-state index contributed by atoms with van der Waals surface area (Å²) in [6.07, 6.45) is 8.05. The Kier molecular flexibility index (Phi) is 2.97.